The molecule has 0 spiro atoms. The van der Waals surface area contributed by atoms with E-state index in [0.717, 1.165) is 40.3 Å². The van der Waals surface area contributed by atoms with Crippen LogP contribution in [0.4, 0.5) is 5.69 Å². The summed E-state index contributed by atoms with van der Waals surface area (Å²) in [7, 11) is 0. The Morgan fingerprint density at radius 3 is 2.32 bits per heavy atom. The fourth-order valence-corrected chi connectivity index (χ4v) is 3.45. The van der Waals surface area contributed by atoms with Gasteiger partial charge in [0.2, 0.25) is 0 Å². The van der Waals surface area contributed by atoms with Crippen molar-refractivity contribution in [2.24, 2.45) is 0 Å². The van der Waals surface area contributed by atoms with Crippen molar-refractivity contribution in [3.63, 3.8) is 0 Å². The van der Waals surface area contributed by atoms with Crippen LogP contribution in [0.5, 0.6) is 11.5 Å². The van der Waals surface area contributed by atoms with Crippen LogP contribution in [0.1, 0.15) is 40.3 Å². The van der Waals surface area contributed by atoms with Crippen molar-refractivity contribution in [1.29, 1.82) is 0 Å². The minimum atomic E-state index is 0.505. The lowest BCUT2D eigenvalue weighted by atomic mass is 10.0. The molecular weight excluding hydrogens is 382 g/mol. The molecule has 3 aromatic carbocycles. The van der Waals surface area contributed by atoms with Gasteiger partial charge in [-0.25, -0.2) is 0 Å². The van der Waals surface area contributed by atoms with Crippen LogP contribution in [-0.2, 0) is 19.6 Å². The van der Waals surface area contributed by atoms with Gasteiger partial charge in [0.25, 0.3) is 0 Å². The van der Waals surface area contributed by atoms with Gasteiger partial charge in [0.15, 0.2) is 11.5 Å². The molecular formula is C28H33NO2. The zero-order valence-corrected chi connectivity index (χ0v) is 19.1. The molecule has 1 N–H and O–H groups in total. The zero-order chi connectivity index (χ0) is 22.2. The van der Waals surface area contributed by atoms with Gasteiger partial charge in [-0.2, -0.15) is 0 Å². The van der Waals surface area contributed by atoms with Crippen molar-refractivity contribution in [3.05, 3.63) is 101 Å². The second-order valence-corrected chi connectivity index (χ2v) is 7.93. The largest absolute Gasteiger partial charge is 0.490 e. The highest BCUT2D eigenvalue weighted by Crippen LogP contribution is 2.35. The predicted octanol–water partition coefficient (Wildman–Crippen LogP) is 6.93. The van der Waals surface area contributed by atoms with Crippen LogP contribution in [0.25, 0.3) is 0 Å². The summed E-state index contributed by atoms with van der Waals surface area (Å²) in [5.74, 6) is 1.59. The van der Waals surface area contributed by atoms with Crippen LogP contribution in [0, 0.1) is 20.8 Å². The third-order valence-electron chi connectivity index (χ3n) is 5.36. The van der Waals surface area contributed by atoms with Gasteiger partial charge in [0, 0.05) is 17.8 Å². The van der Waals surface area contributed by atoms with Crippen LogP contribution in [0.3, 0.4) is 0 Å². The lowest BCUT2D eigenvalue weighted by Crippen LogP contribution is -2.06. The molecule has 3 nitrogen and oxygen atoms in total. The number of rotatable bonds is 10. The summed E-state index contributed by atoms with van der Waals surface area (Å²) in [5.41, 5.74) is 8.32. The summed E-state index contributed by atoms with van der Waals surface area (Å²) in [6, 6.07) is 19.1. The molecule has 0 saturated carbocycles. The molecule has 31 heavy (non-hydrogen) atoms. The van der Waals surface area contributed by atoms with Crippen molar-refractivity contribution in [2.45, 2.75) is 47.3 Å². The maximum absolute atomic E-state index is 6.25. The molecule has 0 aromatic heterocycles. The molecule has 162 valence electrons. The van der Waals surface area contributed by atoms with Crippen molar-refractivity contribution >= 4 is 5.69 Å². The minimum absolute atomic E-state index is 0.505. The summed E-state index contributed by atoms with van der Waals surface area (Å²) in [6.07, 6.45) is 2.63. The predicted molar refractivity (Wildman–Crippen MR) is 130 cm³/mol. The van der Waals surface area contributed by atoms with Crippen LogP contribution in [0.15, 0.2) is 67.3 Å². The molecule has 0 unspecified atom stereocenters. The Morgan fingerprint density at radius 1 is 0.871 bits per heavy atom. The molecule has 0 aliphatic rings. The maximum Gasteiger partial charge on any atom is 0.165 e. The van der Waals surface area contributed by atoms with Gasteiger partial charge in [-0.1, -0.05) is 42.0 Å². The summed E-state index contributed by atoms with van der Waals surface area (Å²) in [4.78, 5) is 0. The average Bonchev–Trinajstić information content (AvgIpc) is 2.75. The Morgan fingerprint density at radius 2 is 1.65 bits per heavy atom. The van der Waals surface area contributed by atoms with Crippen LogP contribution in [-0.4, -0.2) is 6.61 Å². The van der Waals surface area contributed by atoms with Gasteiger partial charge in [-0.3, -0.25) is 0 Å². The quantitative estimate of drug-likeness (QED) is 0.364. The number of hydrogen-bond acceptors (Lipinski definition) is 3. The molecule has 0 radical (unpaired) electrons. The van der Waals surface area contributed by atoms with Gasteiger partial charge in [0.1, 0.15) is 6.61 Å². The highest BCUT2D eigenvalue weighted by molar-refractivity contribution is 5.53. The molecule has 0 bridgehead atoms. The van der Waals surface area contributed by atoms with Gasteiger partial charge in [0.05, 0.1) is 6.61 Å². The number of anilines is 1. The molecule has 3 heteroatoms. The van der Waals surface area contributed by atoms with Gasteiger partial charge < -0.3 is 14.8 Å². The minimum Gasteiger partial charge on any atom is -0.490 e. The smallest absolute Gasteiger partial charge is 0.165 e. The molecule has 0 heterocycles. The topological polar surface area (TPSA) is 30.5 Å². The summed E-state index contributed by atoms with van der Waals surface area (Å²) >= 11 is 0. The Labute approximate surface area is 186 Å². The maximum atomic E-state index is 6.25. The number of benzene rings is 3. The van der Waals surface area contributed by atoms with Crippen molar-refractivity contribution < 1.29 is 9.47 Å². The first-order valence-electron chi connectivity index (χ1n) is 10.9. The Balaban J connectivity index is 1.82. The van der Waals surface area contributed by atoms with E-state index in [9.17, 15) is 0 Å². The van der Waals surface area contributed by atoms with E-state index in [1.165, 1.54) is 16.7 Å². The highest BCUT2D eigenvalue weighted by Gasteiger charge is 2.14. The standard InChI is InChI=1S/C28H33NO2/c1-6-8-25-16-24(18-29-26-14-11-21(4)22(5)15-26)17-27(30-7-2)28(25)31-19-23-12-9-20(3)10-13-23/h6,9-17,29H,1,7-8,18-19H2,2-5H3. The van der Waals surface area contributed by atoms with Crippen LogP contribution < -0.4 is 14.8 Å². The number of hydrogen-bond donors (Lipinski definition) is 1. The monoisotopic (exact) mass is 415 g/mol. The summed E-state index contributed by atoms with van der Waals surface area (Å²) in [5, 5.41) is 3.53. The summed E-state index contributed by atoms with van der Waals surface area (Å²) in [6.45, 7) is 14.1. The Kier molecular flexibility index (Phi) is 7.77. The van der Waals surface area contributed by atoms with E-state index in [-0.39, 0.29) is 0 Å². The fourth-order valence-electron chi connectivity index (χ4n) is 3.45. The molecule has 0 fully saturated rings. The highest BCUT2D eigenvalue weighted by atomic mass is 16.5. The summed E-state index contributed by atoms with van der Waals surface area (Å²) < 4.78 is 12.2. The second-order valence-electron chi connectivity index (χ2n) is 7.93. The van der Waals surface area contributed by atoms with E-state index in [2.05, 4.69) is 87.3 Å². The van der Waals surface area contributed by atoms with E-state index in [4.69, 9.17) is 9.47 Å². The van der Waals surface area contributed by atoms with E-state index in [1.54, 1.807) is 0 Å². The molecule has 3 aromatic rings. The molecule has 0 saturated heterocycles. The first kappa shape index (κ1) is 22.5. The van der Waals surface area contributed by atoms with Crippen molar-refractivity contribution in [1.82, 2.24) is 0 Å². The van der Waals surface area contributed by atoms with E-state index >= 15 is 0 Å². The molecule has 0 aliphatic carbocycles. The van der Waals surface area contributed by atoms with Crippen molar-refractivity contribution in [3.8, 4) is 11.5 Å². The van der Waals surface area contributed by atoms with Gasteiger partial charge in [-0.05, 0) is 80.6 Å². The van der Waals surface area contributed by atoms with E-state index in [1.807, 2.05) is 13.0 Å². The van der Waals surface area contributed by atoms with Gasteiger partial charge >= 0.3 is 0 Å². The zero-order valence-electron chi connectivity index (χ0n) is 19.1. The number of aryl methyl sites for hydroxylation is 3. The first-order chi connectivity index (χ1) is 15.0. The fraction of sp³-hybridized carbons (Fsp3) is 0.286. The lowest BCUT2D eigenvalue weighted by molar-refractivity contribution is 0.267. The van der Waals surface area contributed by atoms with E-state index in [0.29, 0.717) is 19.8 Å². The average molecular weight is 416 g/mol. The molecule has 0 amide bonds. The Hall–Kier alpha value is -3.20. The molecule has 3 rings (SSSR count). The van der Waals surface area contributed by atoms with Gasteiger partial charge in [-0.15, -0.1) is 6.58 Å². The normalized spacial score (nSPS) is 10.6. The number of allylic oxidation sites excluding steroid dienone is 1. The Bertz CT molecular complexity index is 1020. The molecule has 0 aliphatic heterocycles. The van der Waals surface area contributed by atoms with E-state index < -0.39 is 0 Å². The van der Waals surface area contributed by atoms with Crippen LogP contribution in [0.2, 0.25) is 0 Å². The van der Waals surface area contributed by atoms with Crippen LogP contribution >= 0.6 is 0 Å². The second kappa shape index (κ2) is 10.7. The third-order valence-corrected chi connectivity index (χ3v) is 5.36. The first-order valence-corrected chi connectivity index (χ1v) is 10.9. The lowest BCUT2D eigenvalue weighted by Gasteiger charge is -2.18. The number of ether oxygens (including phenoxy) is 2. The third kappa shape index (κ3) is 6.14. The SMILES string of the molecule is C=CCc1cc(CNc2ccc(C)c(C)c2)cc(OCC)c1OCc1ccc(C)cc1. The molecule has 0 atom stereocenters. The number of nitrogens with one attached hydrogen (secondary N) is 1. The van der Waals surface area contributed by atoms with Crippen molar-refractivity contribution in [2.75, 3.05) is 11.9 Å².